The molecule has 0 aliphatic carbocycles. The van der Waals surface area contributed by atoms with Crippen LogP contribution in [-0.4, -0.2) is 30.5 Å². The third-order valence-corrected chi connectivity index (χ3v) is 6.78. The molecule has 1 amide bonds. The highest BCUT2D eigenvalue weighted by Crippen LogP contribution is 2.30. The number of amides is 1. The second kappa shape index (κ2) is 13.9. The van der Waals surface area contributed by atoms with Crippen molar-refractivity contribution in [2.45, 2.75) is 31.5 Å². The predicted molar refractivity (Wildman–Crippen MR) is 151 cm³/mol. The van der Waals surface area contributed by atoms with Gasteiger partial charge >= 0.3 is 6.18 Å². The third kappa shape index (κ3) is 8.91. The van der Waals surface area contributed by atoms with Gasteiger partial charge in [0.2, 0.25) is 5.91 Å². The van der Waals surface area contributed by atoms with Crippen LogP contribution in [0.3, 0.4) is 0 Å². The van der Waals surface area contributed by atoms with Crippen molar-refractivity contribution in [1.82, 2.24) is 4.90 Å². The van der Waals surface area contributed by atoms with Crippen molar-refractivity contribution in [2.24, 2.45) is 5.73 Å². The molecule has 4 aromatic carbocycles. The summed E-state index contributed by atoms with van der Waals surface area (Å²) in [5.74, 6) is -1.00. The van der Waals surface area contributed by atoms with Gasteiger partial charge in [-0.1, -0.05) is 78.9 Å². The Morgan fingerprint density at radius 2 is 1.41 bits per heavy atom. The number of nitrogens with two attached hydrogens (primary N) is 1. The zero-order valence-corrected chi connectivity index (χ0v) is 22.5. The molecule has 4 nitrogen and oxygen atoms in total. The molecule has 0 saturated carbocycles. The summed E-state index contributed by atoms with van der Waals surface area (Å²) in [6, 6.07) is 29.7. The lowest BCUT2D eigenvalue weighted by Crippen LogP contribution is -2.31. The van der Waals surface area contributed by atoms with Gasteiger partial charge in [-0.15, -0.1) is 0 Å². The average molecular weight is 565 g/mol. The molecule has 214 valence electrons. The third-order valence-electron chi connectivity index (χ3n) is 6.78. The Bertz CT molecular complexity index is 1360. The number of halogens is 4. The molecule has 0 aliphatic heterocycles. The summed E-state index contributed by atoms with van der Waals surface area (Å²) in [6.07, 6.45) is -3.89. The second-order valence-corrected chi connectivity index (χ2v) is 9.91. The minimum atomic E-state index is -4.39. The van der Waals surface area contributed by atoms with Gasteiger partial charge in [-0.25, -0.2) is 4.39 Å². The molecular formula is C33H32F4N2O2. The Labute approximate surface area is 237 Å². The Hall–Kier alpha value is -4.17. The first kappa shape index (κ1) is 29.8. The lowest BCUT2D eigenvalue weighted by molar-refractivity contribution is -0.137. The Balaban J connectivity index is 1.49. The number of hydrogen-bond donors (Lipinski definition) is 1. The molecule has 0 spiro atoms. The lowest BCUT2D eigenvalue weighted by Gasteiger charge is -2.28. The van der Waals surface area contributed by atoms with Crippen LogP contribution in [0.25, 0.3) is 0 Å². The molecule has 2 N–H and O–H groups in total. The maximum Gasteiger partial charge on any atom is 0.416 e. The molecule has 0 unspecified atom stereocenters. The number of hydrogen-bond acceptors (Lipinski definition) is 3. The molecule has 4 aromatic rings. The minimum absolute atomic E-state index is 0.0306. The minimum Gasteiger partial charge on any atom is -0.490 e. The van der Waals surface area contributed by atoms with Crippen LogP contribution in [0.2, 0.25) is 0 Å². The number of carbonyl (C=O) groups excluding carboxylic acids is 1. The van der Waals surface area contributed by atoms with Crippen LogP contribution in [0.4, 0.5) is 17.6 Å². The van der Waals surface area contributed by atoms with E-state index in [1.54, 1.807) is 6.07 Å². The van der Waals surface area contributed by atoms with E-state index in [1.165, 1.54) is 24.3 Å². The zero-order valence-electron chi connectivity index (χ0n) is 22.5. The van der Waals surface area contributed by atoms with Gasteiger partial charge in [0.1, 0.15) is 0 Å². The molecule has 0 saturated heterocycles. The number of carbonyl (C=O) groups is 1. The van der Waals surface area contributed by atoms with Crippen molar-refractivity contribution in [1.29, 1.82) is 0 Å². The molecule has 0 heterocycles. The van der Waals surface area contributed by atoms with E-state index in [2.05, 4.69) is 29.2 Å². The average Bonchev–Trinajstić information content (AvgIpc) is 2.95. The van der Waals surface area contributed by atoms with Crippen molar-refractivity contribution in [2.75, 3.05) is 19.7 Å². The van der Waals surface area contributed by atoms with E-state index in [0.717, 1.165) is 28.8 Å². The number of ether oxygens (including phenoxy) is 1. The fraction of sp³-hybridized carbons (Fsp3) is 0.242. The maximum absolute atomic E-state index is 14.5. The quantitative estimate of drug-likeness (QED) is 0.141. The van der Waals surface area contributed by atoms with Crippen LogP contribution in [-0.2, 0) is 23.9 Å². The summed E-state index contributed by atoms with van der Waals surface area (Å²) in [5, 5.41) is 0. The summed E-state index contributed by atoms with van der Waals surface area (Å²) >= 11 is 0. The van der Waals surface area contributed by atoms with Crippen molar-refractivity contribution >= 4 is 5.91 Å². The van der Waals surface area contributed by atoms with Gasteiger partial charge in [0, 0.05) is 25.6 Å². The van der Waals surface area contributed by atoms with Crippen LogP contribution in [0.5, 0.6) is 5.75 Å². The number of nitrogens with zero attached hydrogens (tertiary/aromatic N) is 1. The van der Waals surface area contributed by atoms with E-state index < -0.39 is 23.5 Å². The fourth-order valence-electron chi connectivity index (χ4n) is 4.77. The highest BCUT2D eigenvalue weighted by atomic mass is 19.4. The Morgan fingerprint density at radius 1 is 0.829 bits per heavy atom. The molecule has 0 radical (unpaired) electrons. The number of rotatable bonds is 13. The van der Waals surface area contributed by atoms with E-state index in [0.29, 0.717) is 31.6 Å². The SMILES string of the molecule is NC(=O)Cc1ccc(OCCCN(Cc2ccc(C(F)(F)F)cc2)CC(c2ccccc2)c2ccccc2)c(F)c1. The van der Waals surface area contributed by atoms with E-state index in [1.807, 2.05) is 36.4 Å². The van der Waals surface area contributed by atoms with Crippen molar-refractivity contribution in [3.63, 3.8) is 0 Å². The first-order valence-electron chi connectivity index (χ1n) is 13.4. The van der Waals surface area contributed by atoms with Crippen LogP contribution in [0.15, 0.2) is 103 Å². The first-order chi connectivity index (χ1) is 19.7. The van der Waals surface area contributed by atoms with E-state index in [9.17, 15) is 22.4 Å². The summed E-state index contributed by atoms with van der Waals surface area (Å²) < 4.78 is 59.5. The van der Waals surface area contributed by atoms with E-state index in [-0.39, 0.29) is 24.7 Å². The molecule has 0 aliphatic rings. The predicted octanol–water partition coefficient (Wildman–Crippen LogP) is 6.98. The van der Waals surface area contributed by atoms with E-state index >= 15 is 0 Å². The summed E-state index contributed by atoms with van der Waals surface area (Å²) in [4.78, 5) is 13.3. The van der Waals surface area contributed by atoms with Crippen molar-refractivity contribution < 1.29 is 27.1 Å². The molecule has 8 heteroatoms. The van der Waals surface area contributed by atoms with E-state index in [4.69, 9.17) is 10.5 Å². The normalized spacial score (nSPS) is 11.7. The molecule has 0 bridgehead atoms. The molecule has 0 aromatic heterocycles. The van der Waals surface area contributed by atoms with Gasteiger partial charge in [0.05, 0.1) is 18.6 Å². The maximum atomic E-state index is 14.5. The highest BCUT2D eigenvalue weighted by Gasteiger charge is 2.30. The summed E-state index contributed by atoms with van der Waals surface area (Å²) in [5.41, 5.74) is 7.99. The van der Waals surface area contributed by atoms with Crippen LogP contribution < -0.4 is 10.5 Å². The summed E-state index contributed by atoms with van der Waals surface area (Å²) in [7, 11) is 0. The fourth-order valence-corrected chi connectivity index (χ4v) is 4.77. The van der Waals surface area contributed by atoms with Crippen molar-refractivity contribution in [3.8, 4) is 5.75 Å². The topological polar surface area (TPSA) is 55.6 Å². The standard InChI is InChI=1S/C33H32F4N2O2/c34-30-20-25(21-32(38)40)14-17-31(30)41-19-7-18-39(22-24-12-15-28(16-13-24)33(35,36)37)23-29(26-8-3-1-4-9-26)27-10-5-2-6-11-27/h1-6,8-17,20,29H,7,18-19,21-23H2,(H2,38,40). The molecule has 4 rings (SSSR count). The van der Waals surface area contributed by atoms with Crippen LogP contribution >= 0.6 is 0 Å². The smallest absolute Gasteiger partial charge is 0.416 e. The van der Waals surface area contributed by atoms with Gasteiger partial charge in [-0.3, -0.25) is 9.69 Å². The van der Waals surface area contributed by atoms with Crippen LogP contribution in [0.1, 0.15) is 40.2 Å². The molecule has 0 fully saturated rings. The first-order valence-corrected chi connectivity index (χ1v) is 13.4. The lowest BCUT2D eigenvalue weighted by atomic mass is 9.90. The molecular weight excluding hydrogens is 532 g/mol. The summed E-state index contributed by atoms with van der Waals surface area (Å²) in [6.45, 7) is 1.85. The second-order valence-electron chi connectivity index (χ2n) is 9.91. The van der Waals surface area contributed by atoms with Gasteiger partial charge in [-0.05, 0) is 52.9 Å². The monoisotopic (exact) mass is 564 g/mol. The van der Waals surface area contributed by atoms with Gasteiger partial charge in [0.25, 0.3) is 0 Å². The molecule has 41 heavy (non-hydrogen) atoms. The molecule has 0 atom stereocenters. The Kier molecular flexibility index (Phi) is 10.1. The largest absolute Gasteiger partial charge is 0.490 e. The highest BCUT2D eigenvalue weighted by molar-refractivity contribution is 5.76. The van der Waals surface area contributed by atoms with Crippen molar-refractivity contribution in [3.05, 3.63) is 137 Å². The van der Waals surface area contributed by atoms with Gasteiger partial charge in [-0.2, -0.15) is 13.2 Å². The van der Waals surface area contributed by atoms with Gasteiger partial charge in [0.15, 0.2) is 11.6 Å². The number of benzene rings is 4. The Morgan fingerprint density at radius 3 is 1.95 bits per heavy atom. The number of primary amides is 1. The number of alkyl halides is 3. The van der Waals surface area contributed by atoms with Gasteiger partial charge < -0.3 is 10.5 Å². The zero-order chi connectivity index (χ0) is 29.2. The van der Waals surface area contributed by atoms with Crippen LogP contribution in [0, 0.1) is 5.82 Å².